The molecule has 1 aromatic rings. The molecule has 1 aliphatic rings. The van der Waals surface area contributed by atoms with Gasteiger partial charge in [-0.25, -0.2) is 0 Å². The van der Waals surface area contributed by atoms with E-state index in [4.69, 9.17) is 0 Å². The zero-order valence-electron chi connectivity index (χ0n) is 11.0. The molecule has 0 aliphatic carbocycles. The van der Waals surface area contributed by atoms with Crippen molar-refractivity contribution in [2.24, 2.45) is 7.05 Å². The summed E-state index contributed by atoms with van der Waals surface area (Å²) in [6.07, 6.45) is 6.42. The second-order valence-corrected chi connectivity index (χ2v) is 7.19. The minimum atomic E-state index is 0.213. The topological polar surface area (TPSA) is 34.9 Å². The third kappa shape index (κ3) is 3.54. The van der Waals surface area contributed by atoms with E-state index in [0.29, 0.717) is 17.5 Å². The first-order valence-corrected chi connectivity index (χ1v) is 8.54. The molecule has 100 valence electrons. The second kappa shape index (κ2) is 6.66. The van der Waals surface area contributed by atoms with Crippen molar-refractivity contribution in [3.05, 3.63) is 18.0 Å². The standard InChI is InChI=1S/C13H20N2OS2/c1-3-12-13(18-7-6-17-12)11(16)5-4-10-8-14-15(2)9-10/h8-9,12-13H,3-7H2,1-2H3. The minimum Gasteiger partial charge on any atom is -0.298 e. The van der Waals surface area contributed by atoms with Gasteiger partial charge in [0.2, 0.25) is 0 Å². The Morgan fingerprint density at radius 1 is 1.50 bits per heavy atom. The van der Waals surface area contributed by atoms with E-state index in [2.05, 4.69) is 12.0 Å². The summed E-state index contributed by atoms with van der Waals surface area (Å²) in [7, 11) is 1.91. The molecule has 2 atom stereocenters. The Labute approximate surface area is 117 Å². The molecule has 2 unspecified atom stereocenters. The normalized spacial score (nSPS) is 24.1. The zero-order chi connectivity index (χ0) is 13.0. The summed E-state index contributed by atoms with van der Waals surface area (Å²) in [6.45, 7) is 2.19. The SMILES string of the molecule is CCC1SCCSC1C(=O)CCc1cnn(C)c1. The lowest BCUT2D eigenvalue weighted by Crippen LogP contribution is -2.32. The fraction of sp³-hybridized carbons (Fsp3) is 0.692. The number of carbonyl (C=O) groups is 1. The van der Waals surface area contributed by atoms with E-state index in [9.17, 15) is 4.79 Å². The molecule has 5 heteroatoms. The van der Waals surface area contributed by atoms with Crippen LogP contribution in [0.15, 0.2) is 12.4 Å². The van der Waals surface area contributed by atoms with E-state index >= 15 is 0 Å². The van der Waals surface area contributed by atoms with Crippen molar-refractivity contribution >= 4 is 29.3 Å². The average molecular weight is 284 g/mol. The molecule has 18 heavy (non-hydrogen) atoms. The molecule has 2 heterocycles. The third-order valence-corrected chi connectivity index (χ3v) is 6.48. The van der Waals surface area contributed by atoms with Gasteiger partial charge in [-0.15, -0.1) is 11.8 Å². The van der Waals surface area contributed by atoms with E-state index in [-0.39, 0.29) is 5.25 Å². The van der Waals surface area contributed by atoms with Crippen LogP contribution in [0, 0.1) is 0 Å². The molecule has 0 N–H and O–H groups in total. The monoisotopic (exact) mass is 284 g/mol. The van der Waals surface area contributed by atoms with Crippen LogP contribution in [0.25, 0.3) is 0 Å². The van der Waals surface area contributed by atoms with E-state index in [1.54, 1.807) is 4.68 Å². The largest absolute Gasteiger partial charge is 0.298 e. The second-order valence-electron chi connectivity index (χ2n) is 4.60. The fourth-order valence-corrected chi connectivity index (χ4v) is 5.28. The Hall–Kier alpha value is -0.420. The van der Waals surface area contributed by atoms with Gasteiger partial charge in [-0.2, -0.15) is 16.9 Å². The van der Waals surface area contributed by atoms with E-state index in [1.807, 2.05) is 43.0 Å². The minimum absolute atomic E-state index is 0.213. The molecule has 1 fully saturated rings. The summed E-state index contributed by atoms with van der Waals surface area (Å²) in [4.78, 5) is 12.3. The van der Waals surface area contributed by atoms with Crippen molar-refractivity contribution in [3.63, 3.8) is 0 Å². The Kier molecular flexibility index (Phi) is 5.18. The fourth-order valence-electron chi connectivity index (χ4n) is 2.21. The Bertz CT molecular complexity index is 405. The number of aromatic nitrogens is 2. The molecule has 0 spiro atoms. The number of ketones is 1. The molecular weight excluding hydrogens is 264 g/mol. The number of nitrogens with zero attached hydrogens (tertiary/aromatic N) is 2. The lowest BCUT2D eigenvalue weighted by Gasteiger charge is -2.28. The average Bonchev–Trinajstić information content (AvgIpc) is 2.81. The number of hydrogen-bond acceptors (Lipinski definition) is 4. The molecule has 1 aromatic heterocycles. The molecule has 0 amide bonds. The van der Waals surface area contributed by atoms with Crippen LogP contribution in [-0.4, -0.2) is 37.6 Å². The zero-order valence-corrected chi connectivity index (χ0v) is 12.6. The summed E-state index contributed by atoms with van der Waals surface area (Å²) in [6, 6.07) is 0. The summed E-state index contributed by atoms with van der Waals surface area (Å²) >= 11 is 3.82. The van der Waals surface area contributed by atoms with Crippen LogP contribution in [0.5, 0.6) is 0 Å². The molecule has 1 aliphatic heterocycles. The summed E-state index contributed by atoms with van der Waals surface area (Å²) in [5.41, 5.74) is 1.16. The maximum Gasteiger partial charge on any atom is 0.147 e. The molecule has 1 saturated heterocycles. The lowest BCUT2D eigenvalue weighted by atomic mass is 10.1. The van der Waals surface area contributed by atoms with Gasteiger partial charge >= 0.3 is 0 Å². The van der Waals surface area contributed by atoms with Gasteiger partial charge in [-0.1, -0.05) is 6.92 Å². The molecule has 2 rings (SSSR count). The first kappa shape index (κ1) is 14.0. The van der Waals surface area contributed by atoms with Crippen molar-refractivity contribution in [1.82, 2.24) is 9.78 Å². The molecule has 0 saturated carbocycles. The first-order chi connectivity index (χ1) is 8.70. The van der Waals surface area contributed by atoms with Crippen molar-refractivity contribution in [2.75, 3.05) is 11.5 Å². The van der Waals surface area contributed by atoms with Crippen LogP contribution in [0.3, 0.4) is 0 Å². The maximum atomic E-state index is 12.3. The van der Waals surface area contributed by atoms with Gasteiger partial charge in [-0.05, 0) is 18.4 Å². The lowest BCUT2D eigenvalue weighted by molar-refractivity contribution is -0.118. The van der Waals surface area contributed by atoms with Crippen LogP contribution in [0.1, 0.15) is 25.3 Å². The van der Waals surface area contributed by atoms with Crippen LogP contribution in [0.4, 0.5) is 0 Å². The summed E-state index contributed by atoms with van der Waals surface area (Å²) in [5, 5.41) is 4.87. The Morgan fingerprint density at radius 3 is 2.94 bits per heavy atom. The van der Waals surface area contributed by atoms with Gasteiger partial charge < -0.3 is 0 Å². The van der Waals surface area contributed by atoms with Gasteiger partial charge in [0.15, 0.2) is 0 Å². The van der Waals surface area contributed by atoms with Gasteiger partial charge in [-0.3, -0.25) is 9.48 Å². The molecule has 0 radical (unpaired) electrons. The molecule has 0 aromatic carbocycles. The van der Waals surface area contributed by atoms with Crippen LogP contribution in [0.2, 0.25) is 0 Å². The van der Waals surface area contributed by atoms with Gasteiger partial charge in [0.25, 0.3) is 0 Å². The predicted molar refractivity (Wildman–Crippen MR) is 79.3 cm³/mol. The highest BCUT2D eigenvalue weighted by molar-refractivity contribution is 8.07. The summed E-state index contributed by atoms with van der Waals surface area (Å²) in [5.74, 6) is 2.72. The van der Waals surface area contributed by atoms with Crippen LogP contribution in [-0.2, 0) is 18.3 Å². The van der Waals surface area contributed by atoms with E-state index < -0.39 is 0 Å². The number of rotatable bonds is 5. The molecule has 0 bridgehead atoms. The van der Waals surface area contributed by atoms with E-state index in [1.165, 1.54) is 5.75 Å². The quantitative estimate of drug-likeness (QED) is 0.832. The van der Waals surface area contributed by atoms with Crippen LogP contribution >= 0.6 is 23.5 Å². The third-order valence-electron chi connectivity index (χ3n) is 3.19. The highest BCUT2D eigenvalue weighted by atomic mass is 32.2. The van der Waals surface area contributed by atoms with Crippen molar-refractivity contribution < 1.29 is 4.79 Å². The van der Waals surface area contributed by atoms with Gasteiger partial charge in [0.05, 0.1) is 11.4 Å². The number of carbonyl (C=O) groups excluding carboxylic acids is 1. The van der Waals surface area contributed by atoms with Crippen LogP contribution < -0.4 is 0 Å². The molecular formula is C13H20N2OS2. The number of Topliss-reactive ketones (excluding diaryl/α,β-unsaturated/α-hetero) is 1. The van der Waals surface area contributed by atoms with E-state index in [0.717, 1.165) is 24.2 Å². The maximum absolute atomic E-state index is 12.3. The number of hydrogen-bond donors (Lipinski definition) is 0. The highest BCUT2D eigenvalue weighted by Crippen LogP contribution is 2.34. The smallest absolute Gasteiger partial charge is 0.147 e. The van der Waals surface area contributed by atoms with Gasteiger partial charge in [0.1, 0.15) is 5.78 Å². The van der Waals surface area contributed by atoms with Crippen molar-refractivity contribution in [2.45, 2.75) is 36.7 Å². The molecule has 3 nitrogen and oxygen atoms in total. The predicted octanol–water partition coefficient (Wildman–Crippen LogP) is 2.55. The van der Waals surface area contributed by atoms with Crippen molar-refractivity contribution in [3.8, 4) is 0 Å². The number of thioether (sulfide) groups is 2. The Balaban J connectivity index is 1.86. The van der Waals surface area contributed by atoms with Crippen molar-refractivity contribution in [1.29, 1.82) is 0 Å². The highest BCUT2D eigenvalue weighted by Gasteiger charge is 2.30. The Morgan fingerprint density at radius 2 is 2.28 bits per heavy atom. The van der Waals surface area contributed by atoms with Gasteiger partial charge in [0, 0.05) is 36.4 Å². The first-order valence-electron chi connectivity index (χ1n) is 6.44. The summed E-state index contributed by atoms with van der Waals surface area (Å²) < 4.78 is 1.79. The number of aryl methyl sites for hydroxylation is 2.